The van der Waals surface area contributed by atoms with Crippen molar-refractivity contribution < 1.29 is 13.9 Å². The van der Waals surface area contributed by atoms with Crippen molar-refractivity contribution in [1.82, 2.24) is 4.90 Å². The molecular weight excluding hydrogens is 326 g/mol. The summed E-state index contributed by atoms with van der Waals surface area (Å²) in [7, 11) is 1.78. The second kappa shape index (κ2) is 7.91. The van der Waals surface area contributed by atoms with Crippen molar-refractivity contribution in [2.45, 2.75) is 26.5 Å². The van der Waals surface area contributed by atoms with E-state index in [4.69, 9.17) is 9.15 Å². The average Bonchev–Trinajstić information content (AvgIpc) is 3.15. The van der Waals surface area contributed by atoms with Crippen LogP contribution >= 0.6 is 0 Å². The van der Waals surface area contributed by atoms with Crippen molar-refractivity contribution in [1.29, 1.82) is 0 Å². The fraction of sp³-hybridized carbons (Fsp3) is 0.227. The van der Waals surface area contributed by atoms with Crippen LogP contribution in [0.5, 0.6) is 5.75 Å². The molecule has 4 heteroatoms. The SMILES string of the molecule is Cc1ccc(OCc2ccc(C(=O)N(C)C(C)c3ccccc3)o2)cc1. The number of nitrogens with zero attached hydrogens (tertiary/aromatic N) is 1. The first-order valence-electron chi connectivity index (χ1n) is 8.65. The minimum absolute atomic E-state index is 0.0407. The topological polar surface area (TPSA) is 42.7 Å². The fourth-order valence-corrected chi connectivity index (χ4v) is 2.66. The monoisotopic (exact) mass is 349 g/mol. The van der Waals surface area contributed by atoms with Gasteiger partial charge in [0.2, 0.25) is 0 Å². The number of furan rings is 1. The number of ether oxygens (including phenoxy) is 1. The maximum atomic E-state index is 12.7. The summed E-state index contributed by atoms with van der Waals surface area (Å²) in [6.45, 7) is 4.31. The highest BCUT2D eigenvalue weighted by atomic mass is 16.5. The van der Waals surface area contributed by atoms with E-state index in [-0.39, 0.29) is 18.6 Å². The van der Waals surface area contributed by atoms with Gasteiger partial charge in [-0.05, 0) is 43.7 Å². The third-order valence-corrected chi connectivity index (χ3v) is 4.46. The third-order valence-electron chi connectivity index (χ3n) is 4.46. The Kier molecular flexibility index (Phi) is 5.42. The molecule has 0 aliphatic rings. The van der Waals surface area contributed by atoms with Crippen LogP contribution < -0.4 is 4.74 Å². The van der Waals surface area contributed by atoms with E-state index in [1.807, 2.05) is 68.4 Å². The normalized spacial score (nSPS) is 11.8. The zero-order valence-electron chi connectivity index (χ0n) is 15.3. The van der Waals surface area contributed by atoms with Crippen LogP contribution in [0, 0.1) is 6.92 Å². The Morgan fingerprint density at radius 1 is 1.04 bits per heavy atom. The van der Waals surface area contributed by atoms with Crippen LogP contribution in [0.1, 0.15) is 40.4 Å². The number of carbonyl (C=O) groups excluding carboxylic acids is 1. The van der Waals surface area contributed by atoms with E-state index in [1.165, 1.54) is 5.56 Å². The molecule has 2 aromatic carbocycles. The van der Waals surface area contributed by atoms with Gasteiger partial charge in [-0.1, -0.05) is 48.0 Å². The Morgan fingerprint density at radius 2 is 1.73 bits per heavy atom. The van der Waals surface area contributed by atoms with Crippen LogP contribution in [0.4, 0.5) is 0 Å². The molecule has 0 radical (unpaired) electrons. The van der Waals surface area contributed by atoms with Crippen molar-refractivity contribution in [3.05, 3.63) is 89.4 Å². The lowest BCUT2D eigenvalue weighted by Crippen LogP contribution is -2.29. The zero-order chi connectivity index (χ0) is 18.5. The van der Waals surface area contributed by atoms with E-state index in [0.29, 0.717) is 11.5 Å². The minimum atomic E-state index is -0.150. The van der Waals surface area contributed by atoms with Gasteiger partial charge in [-0.2, -0.15) is 0 Å². The van der Waals surface area contributed by atoms with E-state index in [1.54, 1.807) is 24.1 Å². The Bertz CT molecular complexity index is 853. The number of amides is 1. The van der Waals surface area contributed by atoms with Gasteiger partial charge in [-0.25, -0.2) is 0 Å². The fourth-order valence-electron chi connectivity index (χ4n) is 2.66. The number of carbonyl (C=O) groups is 1. The smallest absolute Gasteiger partial charge is 0.289 e. The molecule has 134 valence electrons. The summed E-state index contributed by atoms with van der Waals surface area (Å²) in [6.07, 6.45) is 0. The number of hydrogen-bond donors (Lipinski definition) is 0. The number of rotatable bonds is 6. The number of benzene rings is 2. The third kappa shape index (κ3) is 4.14. The molecule has 1 unspecified atom stereocenters. The molecule has 0 bridgehead atoms. The van der Waals surface area contributed by atoms with Crippen molar-refractivity contribution in [3.8, 4) is 5.75 Å². The molecule has 0 aliphatic heterocycles. The van der Waals surface area contributed by atoms with Crippen LogP contribution in [0.25, 0.3) is 0 Å². The van der Waals surface area contributed by atoms with Crippen LogP contribution in [-0.4, -0.2) is 17.9 Å². The number of aryl methyl sites for hydroxylation is 1. The second-order valence-corrected chi connectivity index (χ2v) is 6.37. The van der Waals surface area contributed by atoms with Crippen molar-refractivity contribution >= 4 is 5.91 Å². The Balaban J connectivity index is 1.63. The van der Waals surface area contributed by atoms with E-state index >= 15 is 0 Å². The van der Waals surface area contributed by atoms with Crippen molar-refractivity contribution in [3.63, 3.8) is 0 Å². The van der Waals surface area contributed by atoms with Gasteiger partial charge < -0.3 is 14.1 Å². The summed E-state index contributed by atoms with van der Waals surface area (Å²) >= 11 is 0. The van der Waals surface area contributed by atoms with Gasteiger partial charge >= 0.3 is 0 Å². The Hall–Kier alpha value is -3.01. The summed E-state index contributed by atoms with van der Waals surface area (Å²) in [5.74, 6) is 1.56. The molecule has 0 N–H and O–H groups in total. The molecule has 1 heterocycles. The molecule has 26 heavy (non-hydrogen) atoms. The van der Waals surface area contributed by atoms with Crippen molar-refractivity contribution in [2.75, 3.05) is 7.05 Å². The maximum absolute atomic E-state index is 12.7. The van der Waals surface area contributed by atoms with Gasteiger partial charge in [0.05, 0.1) is 6.04 Å². The molecule has 3 aromatic rings. The van der Waals surface area contributed by atoms with Crippen LogP contribution in [0.3, 0.4) is 0 Å². The van der Waals surface area contributed by atoms with E-state index < -0.39 is 0 Å². The summed E-state index contributed by atoms with van der Waals surface area (Å²) in [6, 6.07) is 21.2. The first-order chi connectivity index (χ1) is 12.5. The number of hydrogen-bond acceptors (Lipinski definition) is 3. The molecule has 1 amide bonds. The highest BCUT2D eigenvalue weighted by molar-refractivity contribution is 5.91. The lowest BCUT2D eigenvalue weighted by Gasteiger charge is -2.24. The van der Waals surface area contributed by atoms with Crippen LogP contribution in [0.2, 0.25) is 0 Å². The molecule has 1 atom stereocenters. The van der Waals surface area contributed by atoms with Crippen LogP contribution in [0.15, 0.2) is 71.1 Å². The summed E-state index contributed by atoms with van der Waals surface area (Å²) in [5, 5.41) is 0. The zero-order valence-corrected chi connectivity index (χ0v) is 15.3. The van der Waals surface area contributed by atoms with Gasteiger partial charge in [0, 0.05) is 7.05 Å². The largest absolute Gasteiger partial charge is 0.486 e. The van der Waals surface area contributed by atoms with Crippen molar-refractivity contribution in [2.24, 2.45) is 0 Å². The van der Waals surface area contributed by atoms with E-state index in [9.17, 15) is 4.79 Å². The predicted molar refractivity (Wildman–Crippen MR) is 101 cm³/mol. The first kappa shape index (κ1) is 17.8. The maximum Gasteiger partial charge on any atom is 0.289 e. The highest BCUT2D eigenvalue weighted by Gasteiger charge is 2.21. The molecule has 0 aliphatic carbocycles. The molecule has 3 rings (SSSR count). The van der Waals surface area contributed by atoms with Gasteiger partial charge in [0.15, 0.2) is 5.76 Å². The average molecular weight is 349 g/mol. The molecule has 0 fully saturated rings. The predicted octanol–water partition coefficient (Wildman–Crippen LogP) is 5.00. The van der Waals surface area contributed by atoms with E-state index in [0.717, 1.165) is 11.3 Å². The summed E-state index contributed by atoms with van der Waals surface area (Å²) < 4.78 is 11.4. The molecule has 0 spiro atoms. The highest BCUT2D eigenvalue weighted by Crippen LogP contribution is 2.22. The second-order valence-electron chi connectivity index (χ2n) is 6.37. The molecule has 1 aromatic heterocycles. The van der Waals surface area contributed by atoms with Gasteiger partial charge in [0.25, 0.3) is 5.91 Å². The lowest BCUT2D eigenvalue weighted by atomic mass is 10.1. The Labute approximate surface area is 154 Å². The minimum Gasteiger partial charge on any atom is -0.486 e. The summed E-state index contributed by atoms with van der Waals surface area (Å²) in [5.41, 5.74) is 2.26. The van der Waals surface area contributed by atoms with Gasteiger partial charge in [0.1, 0.15) is 18.1 Å². The van der Waals surface area contributed by atoms with Gasteiger partial charge in [-0.3, -0.25) is 4.79 Å². The van der Waals surface area contributed by atoms with Crippen LogP contribution in [-0.2, 0) is 6.61 Å². The van der Waals surface area contributed by atoms with Gasteiger partial charge in [-0.15, -0.1) is 0 Å². The van der Waals surface area contributed by atoms with E-state index in [2.05, 4.69) is 0 Å². The lowest BCUT2D eigenvalue weighted by molar-refractivity contribution is 0.0706. The molecule has 4 nitrogen and oxygen atoms in total. The first-order valence-corrected chi connectivity index (χ1v) is 8.65. The Morgan fingerprint density at radius 3 is 2.42 bits per heavy atom. The molecule has 0 saturated carbocycles. The molecule has 0 saturated heterocycles. The standard InChI is InChI=1S/C22H23NO3/c1-16-9-11-19(12-10-16)25-15-20-13-14-21(26-20)22(24)23(3)17(2)18-7-5-4-6-8-18/h4-14,17H,15H2,1-3H3. The quantitative estimate of drug-likeness (QED) is 0.629. The summed E-state index contributed by atoms with van der Waals surface area (Å²) in [4.78, 5) is 14.4. The molecular formula is C22H23NO3.